The van der Waals surface area contributed by atoms with Crippen molar-refractivity contribution >= 4 is 0 Å². The van der Waals surface area contributed by atoms with E-state index in [2.05, 4.69) is 31.8 Å². The fraction of sp³-hybridized carbons (Fsp3) is 0.583. The lowest BCUT2D eigenvalue weighted by atomic mass is 9.80. The third kappa shape index (κ3) is 7.24. The molecule has 0 heterocycles. The van der Waals surface area contributed by atoms with Gasteiger partial charge in [-0.1, -0.05) is 57.4 Å². The van der Waals surface area contributed by atoms with Crippen LogP contribution in [0, 0.1) is 29.5 Å². The van der Waals surface area contributed by atoms with Gasteiger partial charge in [-0.25, -0.2) is 4.39 Å². The van der Waals surface area contributed by atoms with E-state index in [0.29, 0.717) is 23.8 Å². The largest absolute Gasteiger partial charge is 0.493 e. The fourth-order valence-electron chi connectivity index (χ4n) is 3.61. The molecular formula is C24H33FO. The van der Waals surface area contributed by atoms with Gasteiger partial charge in [-0.2, -0.15) is 0 Å². The number of ether oxygens (including phenoxy) is 1. The second-order valence-electron chi connectivity index (χ2n) is 7.40. The Labute approximate surface area is 159 Å². The van der Waals surface area contributed by atoms with Crippen LogP contribution in [-0.2, 0) is 0 Å². The van der Waals surface area contributed by atoms with E-state index in [1.54, 1.807) is 12.1 Å². The predicted octanol–water partition coefficient (Wildman–Crippen LogP) is 6.91. The van der Waals surface area contributed by atoms with Crippen LogP contribution in [0.25, 0.3) is 0 Å². The van der Waals surface area contributed by atoms with E-state index >= 15 is 0 Å². The van der Waals surface area contributed by atoms with Crippen molar-refractivity contribution in [1.82, 2.24) is 0 Å². The van der Waals surface area contributed by atoms with E-state index in [0.717, 1.165) is 25.2 Å². The summed E-state index contributed by atoms with van der Waals surface area (Å²) in [6.07, 6.45) is 15.3. The van der Waals surface area contributed by atoms with Gasteiger partial charge in [-0.05, 0) is 62.1 Å². The summed E-state index contributed by atoms with van der Waals surface area (Å²) >= 11 is 0. The summed E-state index contributed by atoms with van der Waals surface area (Å²) in [5.41, 5.74) is 0.433. The van der Waals surface area contributed by atoms with Gasteiger partial charge in [0.2, 0.25) is 0 Å². The summed E-state index contributed by atoms with van der Waals surface area (Å²) in [5.74, 6) is 7.76. The lowest BCUT2D eigenvalue weighted by Crippen LogP contribution is -2.12. The van der Waals surface area contributed by atoms with E-state index in [-0.39, 0.29) is 5.82 Å². The Morgan fingerprint density at radius 3 is 2.62 bits per heavy atom. The van der Waals surface area contributed by atoms with Crippen LogP contribution in [0.15, 0.2) is 30.4 Å². The molecule has 1 fully saturated rings. The van der Waals surface area contributed by atoms with Crippen molar-refractivity contribution in [3.63, 3.8) is 0 Å². The van der Waals surface area contributed by atoms with Crippen molar-refractivity contribution in [2.45, 2.75) is 71.6 Å². The average molecular weight is 357 g/mol. The van der Waals surface area contributed by atoms with Crippen LogP contribution in [0.4, 0.5) is 4.39 Å². The Bertz CT molecular complexity index is 615. The first-order chi connectivity index (χ1) is 12.7. The molecule has 1 aromatic carbocycles. The predicted molar refractivity (Wildman–Crippen MR) is 108 cm³/mol. The SMILES string of the molecule is CCCCCOc1ccc(C#C/C=C/C2CCC(CCC)CC2)c(F)c1. The monoisotopic (exact) mass is 356 g/mol. The second-order valence-corrected chi connectivity index (χ2v) is 7.40. The Balaban J connectivity index is 1.80. The summed E-state index contributed by atoms with van der Waals surface area (Å²) in [7, 11) is 0. The normalized spacial score (nSPS) is 20.0. The number of allylic oxidation sites excluding steroid dienone is 2. The van der Waals surface area contributed by atoms with Gasteiger partial charge >= 0.3 is 0 Å². The third-order valence-electron chi connectivity index (χ3n) is 5.20. The summed E-state index contributed by atoms with van der Waals surface area (Å²) in [5, 5.41) is 0. The minimum atomic E-state index is -0.307. The zero-order valence-electron chi connectivity index (χ0n) is 16.4. The zero-order chi connectivity index (χ0) is 18.6. The maximum absolute atomic E-state index is 14.1. The molecule has 0 radical (unpaired) electrons. The van der Waals surface area contributed by atoms with Crippen LogP contribution in [0.3, 0.4) is 0 Å². The summed E-state index contributed by atoms with van der Waals surface area (Å²) in [6, 6.07) is 4.95. The first kappa shape index (κ1) is 20.6. The minimum Gasteiger partial charge on any atom is -0.493 e. The van der Waals surface area contributed by atoms with E-state index < -0.39 is 0 Å². The smallest absolute Gasteiger partial charge is 0.142 e. The molecule has 0 aromatic heterocycles. The molecule has 2 heteroatoms. The van der Waals surface area contributed by atoms with Gasteiger partial charge in [0, 0.05) is 6.07 Å². The highest BCUT2D eigenvalue weighted by Gasteiger charge is 2.18. The topological polar surface area (TPSA) is 9.23 Å². The van der Waals surface area contributed by atoms with Gasteiger partial charge in [0.1, 0.15) is 11.6 Å². The maximum Gasteiger partial charge on any atom is 0.142 e. The first-order valence-electron chi connectivity index (χ1n) is 10.3. The maximum atomic E-state index is 14.1. The molecular weight excluding hydrogens is 323 g/mol. The number of hydrogen-bond donors (Lipinski definition) is 0. The molecule has 0 atom stereocenters. The van der Waals surface area contributed by atoms with Gasteiger partial charge in [0.05, 0.1) is 12.2 Å². The van der Waals surface area contributed by atoms with Crippen LogP contribution in [0.1, 0.15) is 77.2 Å². The quantitative estimate of drug-likeness (QED) is 0.363. The number of benzene rings is 1. The molecule has 1 saturated carbocycles. The van der Waals surface area contributed by atoms with Crippen molar-refractivity contribution in [3.8, 4) is 17.6 Å². The lowest BCUT2D eigenvalue weighted by Gasteiger charge is -2.26. The second kappa shape index (κ2) is 11.8. The summed E-state index contributed by atoms with van der Waals surface area (Å²) in [4.78, 5) is 0. The molecule has 26 heavy (non-hydrogen) atoms. The number of unbranched alkanes of at least 4 members (excludes halogenated alkanes) is 2. The van der Waals surface area contributed by atoms with Gasteiger partial charge < -0.3 is 4.74 Å². The Morgan fingerprint density at radius 2 is 1.92 bits per heavy atom. The molecule has 0 N–H and O–H groups in total. The highest BCUT2D eigenvalue weighted by molar-refractivity contribution is 5.41. The molecule has 0 aliphatic heterocycles. The Kier molecular flexibility index (Phi) is 9.32. The first-order valence-corrected chi connectivity index (χ1v) is 10.3. The van der Waals surface area contributed by atoms with Gasteiger partial charge in [0.15, 0.2) is 0 Å². The molecule has 0 spiro atoms. The molecule has 1 aromatic rings. The highest BCUT2D eigenvalue weighted by Crippen LogP contribution is 2.32. The molecule has 2 rings (SSSR count). The van der Waals surface area contributed by atoms with Gasteiger partial charge in [-0.15, -0.1) is 0 Å². The van der Waals surface area contributed by atoms with Crippen molar-refractivity contribution in [2.24, 2.45) is 11.8 Å². The van der Waals surface area contributed by atoms with Crippen molar-refractivity contribution < 1.29 is 9.13 Å². The van der Waals surface area contributed by atoms with Crippen molar-refractivity contribution in [2.75, 3.05) is 6.61 Å². The van der Waals surface area contributed by atoms with E-state index in [9.17, 15) is 4.39 Å². The average Bonchev–Trinajstić information content (AvgIpc) is 2.65. The van der Waals surface area contributed by atoms with Crippen molar-refractivity contribution in [3.05, 3.63) is 41.7 Å². The molecule has 0 bridgehead atoms. The van der Waals surface area contributed by atoms with Crippen LogP contribution in [0.2, 0.25) is 0 Å². The van der Waals surface area contributed by atoms with Crippen LogP contribution < -0.4 is 4.74 Å². The number of hydrogen-bond acceptors (Lipinski definition) is 1. The molecule has 0 amide bonds. The van der Waals surface area contributed by atoms with Crippen LogP contribution >= 0.6 is 0 Å². The Morgan fingerprint density at radius 1 is 1.12 bits per heavy atom. The summed E-state index contributed by atoms with van der Waals surface area (Å²) in [6.45, 7) is 5.06. The van der Waals surface area contributed by atoms with E-state index in [1.165, 1.54) is 44.6 Å². The Hall–Kier alpha value is -1.75. The molecule has 0 unspecified atom stereocenters. The number of rotatable bonds is 8. The van der Waals surface area contributed by atoms with Crippen molar-refractivity contribution in [1.29, 1.82) is 0 Å². The van der Waals surface area contributed by atoms with E-state index in [4.69, 9.17) is 4.74 Å². The zero-order valence-corrected chi connectivity index (χ0v) is 16.4. The molecule has 0 saturated heterocycles. The molecule has 1 aliphatic carbocycles. The number of halogens is 1. The standard InChI is InChI=1S/C24H33FO/c1-3-5-8-18-26-23-17-16-22(24(25)19-23)11-7-6-10-21-14-12-20(9-4-2)13-15-21/h6,10,16-17,19-21H,3-5,8-9,12-15,18H2,1-2H3/b10-6+. The van der Waals surface area contributed by atoms with E-state index in [1.807, 2.05) is 6.08 Å². The molecule has 142 valence electrons. The van der Waals surface area contributed by atoms with Gasteiger partial charge in [-0.3, -0.25) is 0 Å². The minimum absolute atomic E-state index is 0.307. The molecule has 1 aliphatic rings. The van der Waals surface area contributed by atoms with Crippen LogP contribution in [0.5, 0.6) is 5.75 Å². The van der Waals surface area contributed by atoms with Gasteiger partial charge in [0.25, 0.3) is 0 Å². The van der Waals surface area contributed by atoms with Crippen LogP contribution in [-0.4, -0.2) is 6.61 Å². The fourth-order valence-corrected chi connectivity index (χ4v) is 3.61. The lowest BCUT2D eigenvalue weighted by molar-refractivity contribution is 0.294. The molecule has 1 nitrogen and oxygen atoms in total. The summed E-state index contributed by atoms with van der Waals surface area (Å²) < 4.78 is 19.7. The third-order valence-corrected chi connectivity index (χ3v) is 5.20. The highest BCUT2D eigenvalue weighted by atomic mass is 19.1.